The molecule has 0 unspecified atom stereocenters. The summed E-state index contributed by atoms with van der Waals surface area (Å²) in [6.45, 7) is 2.04. The van der Waals surface area contributed by atoms with E-state index in [2.05, 4.69) is 10.1 Å². The maximum Gasteiger partial charge on any atom is 0.339 e. The molecular formula is C13H13ClN2O4. The number of ether oxygens (including phenoxy) is 1. The van der Waals surface area contributed by atoms with Crippen LogP contribution in [0.2, 0.25) is 5.02 Å². The zero-order valence-electron chi connectivity index (χ0n) is 10.8. The predicted octanol–water partition coefficient (Wildman–Crippen LogP) is 2.95. The zero-order chi connectivity index (χ0) is 14.5. The summed E-state index contributed by atoms with van der Waals surface area (Å²) >= 11 is 5.76. The summed E-state index contributed by atoms with van der Waals surface area (Å²) in [4.78, 5) is 15.2. The van der Waals surface area contributed by atoms with E-state index in [-0.39, 0.29) is 17.9 Å². The fourth-order valence-corrected chi connectivity index (χ4v) is 1.77. The molecule has 0 saturated heterocycles. The Kier molecular flexibility index (Phi) is 4.57. The Morgan fingerprint density at radius 3 is 3.00 bits per heavy atom. The van der Waals surface area contributed by atoms with Crippen molar-refractivity contribution in [3.8, 4) is 5.75 Å². The molecule has 1 aromatic carbocycles. The van der Waals surface area contributed by atoms with E-state index in [4.69, 9.17) is 26.0 Å². The van der Waals surface area contributed by atoms with Crippen LogP contribution in [-0.2, 0) is 13.0 Å². The lowest BCUT2D eigenvalue weighted by molar-refractivity contribution is 0.0691. The van der Waals surface area contributed by atoms with Gasteiger partial charge in [0.2, 0.25) is 11.7 Å². The summed E-state index contributed by atoms with van der Waals surface area (Å²) in [6.07, 6.45) is 1.61. The van der Waals surface area contributed by atoms with E-state index in [1.54, 1.807) is 6.07 Å². The van der Waals surface area contributed by atoms with Gasteiger partial charge in [-0.3, -0.25) is 0 Å². The van der Waals surface area contributed by atoms with Crippen molar-refractivity contribution >= 4 is 17.6 Å². The van der Waals surface area contributed by atoms with Crippen LogP contribution in [0.1, 0.15) is 35.4 Å². The number of carbonyl (C=O) groups is 1. The fourth-order valence-electron chi connectivity index (χ4n) is 1.60. The lowest BCUT2D eigenvalue weighted by Crippen LogP contribution is -2.04. The first-order valence-corrected chi connectivity index (χ1v) is 6.45. The topological polar surface area (TPSA) is 85.5 Å². The Morgan fingerprint density at radius 2 is 2.30 bits per heavy atom. The highest BCUT2D eigenvalue weighted by molar-refractivity contribution is 6.31. The van der Waals surface area contributed by atoms with Gasteiger partial charge in [-0.1, -0.05) is 23.7 Å². The third kappa shape index (κ3) is 3.48. The summed E-state index contributed by atoms with van der Waals surface area (Å²) in [6, 6.07) is 4.39. The molecule has 0 amide bonds. The van der Waals surface area contributed by atoms with Crippen molar-refractivity contribution in [3.05, 3.63) is 40.5 Å². The number of nitrogens with zero attached hydrogens (tertiary/aromatic N) is 2. The number of benzene rings is 1. The third-order valence-electron chi connectivity index (χ3n) is 2.50. The van der Waals surface area contributed by atoms with E-state index in [9.17, 15) is 4.79 Å². The van der Waals surface area contributed by atoms with Crippen LogP contribution >= 0.6 is 11.6 Å². The number of halogens is 1. The smallest absolute Gasteiger partial charge is 0.339 e. The highest BCUT2D eigenvalue weighted by Gasteiger charge is 2.13. The predicted molar refractivity (Wildman–Crippen MR) is 71.0 cm³/mol. The van der Waals surface area contributed by atoms with Crippen LogP contribution in [0.5, 0.6) is 5.75 Å². The Morgan fingerprint density at radius 1 is 1.50 bits per heavy atom. The minimum atomic E-state index is -1.11. The molecule has 0 aliphatic carbocycles. The highest BCUT2D eigenvalue weighted by atomic mass is 35.5. The second-order valence-electron chi connectivity index (χ2n) is 4.09. The van der Waals surface area contributed by atoms with E-state index in [1.807, 2.05) is 6.92 Å². The number of carboxylic acids is 1. The van der Waals surface area contributed by atoms with Crippen molar-refractivity contribution in [3.63, 3.8) is 0 Å². The second-order valence-corrected chi connectivity index (χ2v) is 4.53. The molecule has 6 nitrogen and oxygen atoms in total. The van der Waals surface area contributed by atoms with Crippen LogP contribution in [-0.4, -0.2) is 21.2 Å². The lowest BCUT2D eigenvalue weighted by atomic mass is 10.2. The van der Waals surface area contributed by atoms with Crippen molar-refractivity contribution in [2.45, 2.75) is 26.4 Å². The molecule has 1 aromatic heterocycles. The highest BCUT2D eigenvalue weighted by Crippen LogP contribution is 2.23. The molecule has 1 N–H and O–H groups in total. The van der Waals surface area contributed by atoms with Crippen molar-refractivity contribution in [2.75, 3.05) is 0 Å². The maximum atomic E-state index is 11.1. The van der Waals surface area contributed by atoms with Crippen molar-refractivity contribution < 1.29 is 19.2 Å². The monoisotopic (exact) mass is 296 g/mol. The molecule has 0 saturated carbocycles. The van der Waals surface area contributed by atoms with E-state index in [0.717, 1.165) is 6.42 Å². The number of hydrogen-bond acceptors (Lipinski definition) is 5. The molecular weight excluding hydrogens is 284 g/mol. The molecule has 7 heteroatoms. The lowest BCUT2D eigenvalue weighted by Gasteiger charge is -2.07. The van der Waals surface area contributed by atoms with Gasteiger partial charge < -0.3 is 14.4 Å². The molecule has 0 bridgehead atoms. The van der Waals surface area contributed by atoms with E-state index in [1.165, 1.54) is 12.1 Å². The second kappa shape index (κ2) is 6.38. The molecule has 1 heterocycles. The summed E-state index contributed by atoms with van der Waals surface area (Å²) in [5, 5.41) is 13.2. The van der Waals surface area contributed by atoms with Crippen LogP contribution in [0.3, 0.4) is 0 Å². The van der Waals surface area contributed by atoms with Gasteiger partial charge in [0, 0.05) is 11.4 Å². The van der Waals surface area contributed by atoms with Crippen LogP contribution < -0.4 is 4.74 Å². The van der Waals surface area contributed by atoms with Crippen molar-refractivity contribution in [1.82, 2.24) is 10.1 Å². The van der Waals surface area contributed by atoms with Gasteiger partial charge in [0.25, 0.3) is 0 Å². The van der Waals surface area contributed by atoms with Gasteiger partial charge in [0.15, 0.2) is 6.61 Å². The van der Waals surface area contributed by atoms with Gasteiger partial charge in [-0.05, 0) is 24.6 Å². The Labute approximate surface area is 120 Å². The first kappa shape index (κ1) is 14.3. The SMILES string of the molecule is CCCc1nc(COc2ccc(Cl)cc2C(=O)O)no1. The van der Waals surface area contributed by atoms with E-state index < -0.39 is 5.97 Å². The van der Waals surface area contributed by atoms with Gasteiger partial charge in [-0.25, -0.2) is 4.79 Å². The molecule has 2 rings (SSSR count). The first-order valence-electron chi connectivity index (χ1n) is 6.07. The van der Waals surface area contributed by atoms with Crippen LogP contribution in [0, 0.1) is 0 Å². The molecule has 0 radical (unpaired) electrons. The first-order chi connectivity index (χ1) is 9.60. The van der Waals surface area contributed by atoms with Gasteiger partial charge in [0.1, 0.15) is 11.3 Å². The van der Waals surface area contributed by atoms with Gasteiger partial charge in [0.05, 0.1) is 0 Å². The zero-order valence-corrected chi connectivity index (χ0v) is 11.6. The molecule has 106 valence electrons. The average Bonchev–Trinajstić information content (AvgIpc) is 2.85. The fraction of sp³-hybridized carbons (Fsp3) is 0.308. The van der Waals surface area contributed by atoms with Gasteiger partial charge in [-0.2, -0.15) is 4.98 Å². The van der Waals surface area contributed by atoms with Crippen molar-refractivity contribution in [1.29, 1.82) is 0 Å². The number of aromatic carboxylic acids is 1. The minimum Gasteiger partial charge on any atom is -0.485 e. The average molecular weight is 297 g/mol. The number of carboxylic acid groups (broad SMARTS) is 1. The largest absolute Gasteiger partial charge is 0.485 e. The van der Waals surface area contributed by atoms with E-state index >= 15 is 0 Å². The minimum absolute atomic E-state index is 0.00484. The maximum absolute atomic E-state index is 11.1. The molecule has 20 heavy (non-hydrogen) atoms. The standard InChI is InChI=1S/C13H13ClN2O4/c1-2-3-12-15-11(16-20-12)7-19-10-5-4-8(14)6-9(10)13(17)18/h4-6H,2-3,7H2,1H3,(H,17,18). The summed E-state index contributed by atoms with van der Waals surface area (Å²) in [7, 11) is 0. The number of hydrogen-bond donors (Lipinski definition) is 1. The molecule has 0 fully saturated rings. The quantitative estimate of drug-likeness (QED) is 0.882. The molecule has 0 aliphatic heterocycles. The number of aryl methyl sites for hydroxylation is 1. The van der Waals surface area contributed by atoms with Gasteiger partial charge in [-0.15, -0.1) is 0 Å². The summed E-state index contributed by atoms with van der Waals surface area (Å²) in [5.41, 5.74) is -0.00484. The number of rotatable bonds is 6. The van der Waals surface area contributed by atoms with E-state index in [0.29, 0.717) is 23.2 Å². The summed E-state index contributed by atoms with van der Waals surface area (Å²) in [5.74, 6) is 0.0198. The van der Waals surface area contributed by atoms with Gasteiger partial charge >= 0.3 is 5.97 Å². The van der Waals surface area contributed by atoms with Crippen LogP contribution in [0.15, 0.2) is 22.7 Å². The molecule has 0 aliphatic rings. The normalized spacial score (nSPS) is 10.5. The number of aromatic nitrogens is 2. The molecule has 2 aromatic rings. The molecule has 0 spiro atoms. The van der Waals surface area contributed by atoms with Crippen LogP contribution in [0.25, 0.3) is 0 Å². The molecule has 0 atom stereocenters. The Bertz CT molecular complexity index is 612. The Balaban J connectivity index is 2.08. The summed E-state index contributed by atoms with van der Waals surface area (Å²) < 4.78 is 10.4. The van der Waals surface area contributed by atoms with Crippen LogP contribution in [0.4, 0.5) is 0 Å². The third-order valence-corrected chi connectivity index (χ3v) is 2.74. The van der Waals surface area contributed by atoms with Crippen molar-refractivity contribution in [2.24, 2.45) is 0 Å². The Hall–Kier alpha value is -2.08.